The van der Waals surface area contributed by atoms with E-state index in [4.69, 9.17) is 0 Å². The third-order valence-electron chi connectivity index (χ3n) is 3.40. The van der Waals surface area contributed by atoms with E-state index in [9.17, 15) is 4.79 Å². The van der Waals surface area contributed by atoms with Gasteiger partial charge in [0.2, 0.25) is 6.41 Å². The van der Waals surface area contributed by atoms with Crippen LogP contribution in [-0.4, -0.2) is 23.9 Å². The molecule has 0 aromatic heterocycles. The Morgan fingerprint density at radius 3 is 1.93 bits per heavy atom. The Balaban J connectivity index is 4.43. The van der Waals surface area contributed by atoms with Crippen LogP contribution in [-0.2, 0) is 4.79 Å². The smallest absolute Gasteiger partial charge is 0.209 e. The molecule has 1 unspecified atom stereocenters. The van der Waals surface area contributed by atoms with Crippen LogP contribution in [0.3, 0.4) is 0 Å². The Labute approximate surface area is 88.7 Å². The number of hydrogen-bond donors (Lipinski definition) is 0. The molecule has 0 saturated carbocycles. The van der Waals surface area contributed by atoms with E-state index in [1.165, 1.54) is 0 Å². The van der Waals surface area contributed by atoms with Gasteiger partial charge in [-0.1, -0.05) is 27.7 Å². The SMILES string of the molecule is CC(CC(C)(C)N(C)C=O)C(C)(C)C. The first-order valence-corrected chi connectivity index (χ1v) is 5.29. The normalized spacial score (nSPS) is 15.1. The molecule has 0 spiro atoms. The molecule has 2 nitrogen and oxygen atoms in total. The van der Waals surface area contributed by atoms with Crippen molar-refractivity contribution in [3.05, 3.63) is 0 Å². The molecular formula is C12H25NO. The van der Waals surface area contributed by atoms with Crippen molar-refractivity contribution >= 4 is 6.41 Å². The molecule has 0 aliphatic rings. The van der Waals surface area contributed by atoms with Gasteiger partial charge in [-0.3, -0.25) is 4.79 Å². The number of rotatable bonds is 4. The van der Waals surface area contributed by atoms with Crippen molar-refractivity contribution in [1.82, 2.24) is 4.90 Å². The number of carbonyl (C=O) groups excluding carboxylic acids is 1. The molecule has 0 N–H and O–H groups in total. The Bertz CT molecular complexity index is 191. The second-order valence-corrected chi connectivity index (χ2v) is 6.00. The maximum absolute atomic E-state index is 10.7. The molecular weight excluding hydrogens is 174 g/mol. The number of nitrogens with zero attached hydrogens (tertiary/aromatic N) is 1. The minimum atomic E-state index is -0.0472. The predicted molar refractivity (Wildman–Crippen MR) is 61.1 cm³/mol. The highest BCUT2D eigenvalue weighted by atomic mass is 16.1. The zero-order valence-corrected chi connectivity index (χ0v) is 10.7. The first-order chi connectivity index (χ1) is 6.11. The lowest BCUT2D eigenvalue weighted by molar-refractivity contribution is -0.121. The molecule has 0 heterocycles. The molecule has 0 radical (unpaired) electrons. The summed E-state index contributed by atoms with van der Waals surface area (Å²) in [5.74, 6) is 0.597. The van der Waals surface area contributed by atoms with Crippen molar-refractivity contribution in [3.63, 3.8) is 0 Å². The van der Waals surface area contributed by atoms with Crippen LogP contribution in [0, 0.1) is 11.3 Å². The molecule has 1 amide bonds. The van der Waals surface area contributed by atoms with Crippen LogP contribution in [0.15, 0.2) is 0 Å². The van der Waals surface area contributed by atoms with Crippen LogP contribution in [0.4, 0.5) is 0 Å². The Hall–Kier alpha value is -0.530. The van der Waals surface area contributed by atoms with Gasteiger partial charge in [0, 0.05) is 12.6 Å². The van der Waals surface area contributed by atoms with Crippen molar-refractivity contribution in [1.29, 1.82) is 0 Å². The van der Waals surface area contributed by atoms with Gasteiger partial charge in [0.05, 0.1) is 0 Å². The average molecular weight is 199 g/mol. The van der Waals surface area contributed by atoms with Gasteiger partial charge >= 0.3 is 0 Å². The summed E-state index contributed by atoms with van der Waals surface area (Å²) < 4.78 is 0. The minimum Gasteiger partial charge on any atom is -0.343 e. The summed E-state index contributed by atoms with van der Waals surface area (Å²) in [4.78, 5) is 12.5. The fourth-order valence-electron chi connectivity index (χ4n) is 1.34. The highest BCUT2D eigenvalue weighted by Gasteiger charge is 2.30. The third-order valence-corrected chi connectivity index (χ3v) is 3.40. The summed E-state index contributed by atoms with van der Waals surface area (Å²) in [6, 6.07) is 0. The van der Waals surface area contributed by atoms with Gasteiger partial charge in [-0.05, 0) is 31.6 Å². The van der Waals surface area contributed by atoms with E-state index in [1.54, 1.807) is 4.90 Å². The van der Waals surface area contributed by atoms with Crippen molar-refractivity contribution in [3.8, 4) is 0 Å². The summed E-state index contributed by atoms with van der Waals surface area (Å²) >= 11 is 0. The van der Waals surface area contributed by atoms with Crippen LogP contribution in [0.2, 0.25) is 0 Å². The van der Waals surface area contributed by atoms with Gasteiger partial charge in [0.15, 0.2) is 0 Å². The summed E-state index contributed by atoms with van der Waals surface area (Å²) in [6.45, 7) is 13.2. The van der Waals surface area contributed by atoms with Gasteiger partial charge in [-0.25, -0.2) is 0 Å². The second kappa shape index (κ2) is 4.33. The molecule has 1 atom stereocenters. The molecule has 0 aliphatic carbocycles. The van der Waals surface area contributed by atoms with Gasteiger partial charge in [0.1, 0.15) is 0 Å². The Morgan fingerprint density at radius 2 is 1.64 bits per heavy atom. The topological polar surface area (TPSA) is 20.3 Å². The molecule has 0 fully saturated rings. The van der Waals surface area contributed by atoms with Gasteiger partial charge < -0.3 is 4.90 Å². The third kappa shape index (κ3) is 3.69. The predicted octanol–water partition coefficient (Wildman–Crippen LogP) is 2.93. The maximum Gasteiger partial charge on any atom is 0.209 e. The van der Waals surface area contributed by atoms with Crippen LogP contribution in [0.1, 0.15) is 48.0 Å². The summed E-state index contributed by atoms with van der Waals surface area (Å²) in [6.07, 6.45) is 1.95. The lowest BCUT2D eigenvalue weighted by Gasteiger charge is -2.39. The van der Waals surface area contributed by atoms with E-state index < -0.39 is 0 Å². The molecule has 14 heavy (non-hydrogen) atoms. The Kier molecular flexibility index (Phi) is 4.16. The van der Waals surface area contributed by atoms with Crippen LogP contribution >= 0.6 is 0 Å². The molecule has 0 aromatic rings. The average Bonchev–Trinajstić information content (AvgIpc) is 2.00. The van der Waals surface area contributed by atoms with Crippen molar-refractivity contribution in [2.45, 2.75) is 53.5 Å². The minimum absolute atomic E-state index is 0.0472. The number of hydrogen-bond acceptors (Lipinski definition) is 1. The number of amides is 1. The van der Waals surface area contributed by atoms with Gasteiger partial charge in [-0.15, -0.1) is 0 Å². The van der Waals surface area contributed by atoms with Crippen molar-refractivity contribution in [2.24, 2.45) is 11.3 Å². The molecule has 0 rings (SSSR count). The first-order valence-electron chi connectivity index (χ1n) is 5.29. The highest BCUT2D eigenvalue weighted by molar-refractivity contribution is 5.47. The van der Waals surface area contributed by atoms with E-state index in [1.807, 2.05) is 7.05 Å². The maximum atomic E-state index is 10.7. The Morgan fingerprint density at radius 1 is 1.21 bits per heavy atom. The largest absolute Gasteiger partial charge is 0.343 e. The highest BCUT2D eigenvalue weighted by Crippen LogP contribution is 2.33. The molecule has 0 bridgehead atoms. The molecule has 0 aromatic carbocycles. The van der Waals surface area contributed by atoms with E-state index in [2.05, 4.69) is 41.5 Å². The van der Waals surface area contributed by atoms with Crippen LogP contribution in [0.25, 0.3) is 0 Å². The van der Waals surface area contributed by atoms with Crippen molar-refractivity contribution in [2.75, 3.05) is 7.05 Å². The quantitative estimate of drug-likeness (QED) is 0.637. The molecule has 2 heteroatoms. The van der Waals surface area contributed by atoms with E-state index in [0.717, 1.165) is 12.8 Å². The molecule has 0 saturated heterocycles. The molecule has 84 valence electrons. The number of carbonyl (C=O) groups is 1. The lowest BCUT2D eigenvalue weighted by atomic mass is 9.75. The standard InChI is InChI=1S/C12H25NO/c1-10(11(2,3)4)8-12(5,6)13(7)9-14/h9-10H,8H2,1-7H3. The zero-order valence-electron chi connectivity index (χ0n) is 10.7. The fraction of sp³-hybridized carbons (Fsp3) is 0.917. The second-order valence-electron chi connectivity index (χ2n) is 6.00. The van der Waals surface area contributed by atoms with Crippen LogP contribution < -0.4 is 0 Å². The van der Waals surface area contributed by atoms with E-state index >= 15 is 0 Å². The van der Waals surface area contributed by atoms with E-state index in [0.29, 0.717) is 11.3 Å². The van der Waals surface area contributed by atoms with Crippen molar-refractivity contribution < 1.29 is 4.79 Å². The first kappa shape index (κ1) is 13.5. The summed E-state index contributed by atoms with van der Waals surface area (Å²) in [7, 11) is 1.85. The molecule has 0 aliphatic heterocycles. The van der Waals surface area contributed by atoms with Gasteiger partial charge in [-0.2, -0.15) is 0 Å². The summed E-state index contributed by atoms with van der Waals surface area (Å²) in [5, 5.41) is 0. The monoisotopic (exact) mass is 199 g/mol. The van der Waals surface area contributed by atoms with Crippen LogP contribution in [0.5, 0.6) is 0 Å². The van der Waals surface area contributed by atoms with Gasteiger partial charge in [0.25, 0.3) is 0 Å². The van der Waals surface area contributed by atoms with E-state index in [-0.39, 0.29) is 5.54 Å². The summed E-state index contributed by atoms with van der Waals surface area (Å²) in [5.41, 5.74) is 0.259. The fourth-order valence-corrected chi connectivity index (χ4v) is 1.34. The lowest BCUT2D eigenvalue weighted by Crippen LogP contribution is -2.43. The zero-order chi connectivity index (χ0) is 11.6.